The van der Waals surface area contributed by atoms with Gasteiger partial charge in [0.2, 0.25) is 0 Å². The van der Waals surface area contributed by atoms with E-state index in [-0.39, 0.29) is 0 Å². The third kappa shape index (κ3) is 1.87. The van der Waals surface area contributed by atoms with E-state index in [4.69, 9.17) is 5.73 Å². The highest BCUT2D eigenvalue weighted by Crippen LogP contribution is 2.26. The Balaban J connectivity index is 2.19. The van der Waals surface area contributed by atoms with Crippen molar-refractivity contribution in [3.05, 3.63) is 66.4 Å². The van der Waals surface area contributed by atoms with Crippen molar-refractivity contribution < 1.29 is 0 Å². The Hall–Kier alpha value is -2.19. The zero-order valence-electron chi connectivity index (χ0n) is 10.0. The van der Waals surface area contributed by atoms with E-state index in [1.165, 1.54) is 11.1 Å². The molecule has 0 radical (unpaired) electrons. The molecule has 2 heteroatoms. The first-order chi connectivity index (χ1) is 8.88. The van der Waals surface area contributed by atoms with Crippen molar-refractivity contribution in [3.8, 4) is 11.1 Å². The van der Waals surface area contributed by atoms with Crippen LogP contribution in [0.3, 0.4) is 0 Å². The number of benzene rings is 2. The SMILES string of the molecule is NCc1ccccc1-c1ccc2cccnc2c1. The molecule has 2 aromatic carbocycles. The van der Waals surface area contributed by atoms with Crippen LogP contribution in [0.5, 0.6) is 0 Å². The number of nitrogens with zero attached hydrogens (tertiary/aromatic N) is 1. The number of hydrogen-bond acceptors (Lipinski definition) is 2. The van der Waals surface area contributed by atoms with Crippen molar-refractivity contribution in [2.45, 2.75) is 6.54 Å². The van der Waals surface area contributed by atoms with Crippen molar-refractivity contribution >= 4 is 10.9 Å². The second-order valence-electron chi connectivity index (χ2n) is 4.27. The van der Waals surface area contributed by atoms with Crippen LogP contribution in [-0.4, -0.2) is 4.98 Å². The van der Waals surface area contributed by atoms with E-state index in [0.29, 0.717) is 6.54 Å². The summed E-state index contributed by atoms with van der Waals surface area (Å²) in [6, 6.07) is 18.6. The van der Waals surface area contributed by atoms with Crippen LogP contribution in [0.15, 0.2) is 60.8 Å². The predicted molar refractivity (Wildman–Crippen MR) is 75.1 cm³/mol. The van der Waals surface area contributed by atoms with E-state index in [9.17, 15) is 0 Å². The fourth-order valence-corrected chi connectivity index (χ4v) is 2.21. The molecule has 2 nitrogen and oxygen atoms in total. The van der Waals surface area contributed by atoms with Crippen LogP contribution in [0.4, 0.5) is 0 Å². The van der Waals surface area contributed by atoms with Crippen molar-refractivity contribution in [2.24, 2.45) is 5.73 Å². The number of nitrogens with two attached hydrogens (primary N) is 1. The molecule has 0 saturated carbocycles. The van der Waals surface area contributed by atoms with Gasteiger partial charge in [-0.05, 0) is 28.8 Å². The quantitative estimate of drug-likeness (QED) is 0.738. The number of aromatic nitrogens is 1. The van der Waals surface area contributed by atoms with Gasteiger partial charge in [0.25, 0.3) is 0 Å². The second kappa shape index (κ2) is 4.59. The maximum Gasteiger partial charge on any atom is 0.0708 e. The van der Waals surface area contributed by atoms with Crippen LogP contribution in [0.2, 0.25) is 0 Å². The minimum Gasteiger partial charge on any atom is -0.326 e. The van der Waals surface area contributed by atoms with Gasteiger partial charge in [-0.3, -0.25) is 4.98 Å². The Labute approximate surface area is 106 Å². The lowest BCUT2D eigenvalue weighted by molar-refractivity contribution is 1.07. The highest BCUT2D eigenvalue weighted by Gasteiger charge is 2.04. The fraction of sp³-hybridized carbons (Fsp3) is 0.0625. The van der Waals surface area contributed by atoms with Gasteiger partial charge in [-0.1, -0.05) is 42.5 Å². The zero-order chi connectivity index (χ0) is 12.4. The van der Waals surface area contributed by atoms with E-state index in [1.54, 1.807) is 0 Å². The third-order valence-electron chi connectivity index (χ3n) is 3.15. The van der Waals surface area contributed by atoms with Crippen LogP contribution in [-0.2, 0) is 6.54 Å². The van der Waals surface area contributed by atoms with Gasteiger partial charge in [0.1, 0.15) is 0 Å². The van der Waals surface area contributed by atoms with E-state index in [2.05, 4.69) is 41.4 Å². The van der Waals surface area contributed by atoms with Crippen molar-refractivity contribution in [2.75, 3.05) is 0 Å². The molecule has 0 bridgehead atoms. The summed E-state index contributed by atoms with van der Waals surface area (Å²) >= 11 is 0. The predicted octanol–water partition coefficient (Wildman–Crippen LogP) is 3.36. The highest BCUT2D eigenvalue weighted by molar-refractivity contribution is 5.84. The first kappa shape index (κ1) is 10.9. The molecule has 0 spiro atoms. The lowest BCUT2D eigenvalue weighted by Gasteiger charge is -2.08. The topological polar surface area (TPSA) is 38.9 Å². The highest BCUT2D eigenvalue weighted by atomic mass is 14.6. The number of rotatable bonds is 2. The molecule has 18 heavy (non-hydrogen) atoms. The zero-order valence-corrected chi connectivity index (χ0v) is 10.0. The maximum absolute atomic E-state index is 5.78. The molecule has 0 atom stereocenters. The Kier molecular flexibility index (Phi) is 2.79. The van der Waals surface area contributed by atoms with E-state index in [0.717, 1.165) is 16.5 Å². The molecule has 1 aromatic heterocycles. The van der Waals surface area contributed by atoms with Crippen LogP contribution >= 0.6 is 0 Å². The lowest BCUT2D eigenvalue weighted by atomic mass is 9.98. The third-order valence-corrected chi connectivity index (χ3v) is 3.15. The minimum absolute atomic E-state index is 0.552. The molecule has 0 aliphatic carbocycles. The van der Waals surface area contributed by atoms with E-state index >= 15 is 0 Å². The Morgan fingerprint density at radius 3 is 2.72 bits per heavy atom. The van der Waals surface area contributed by atoms with Crippen LogP contribution in [0.1, 0.15) is 5.56 Å². The summed E-state index contributed by atoms with van der Waals surface area (Å²) in [5.41, 5.74) is 10.3. The molecule has 2 N–H and O–H groups in total. The Morgan fingerprint density at radius 2 is 1.83 bits per heavy atom. The van der Waals surface area contributed by atoms with Gasteiger partial charge in [-0.2, -0.15) is 0 Å². The molecule has 0 aliphatic heterocycles. The first-order valence-corrected chi connectivity index (χ1v) is 6.01. The molecule has 0 aliphatic rings. The minimum atomic E-state index is 0.552. The molecule has 1 heterocycles. The van der Waals surface area contributed by atoms with Crippen molar-refractivity contribution in [1.82, 2.24) is 4.98 Å². The molecule has 0 fully saturated rings. The average molecular weight is 234 g/mol. The second-order valence-corrected chi connectivity index (χ2v) is 4.27. The van der Waals surface area contributed by atoms with E-state index in [1.807, 2.05) is 24.4 Å². The standard InChI is InChI=1S/C16H14N2/c17-11-14-4-1-2-6-15(14)13-8-7-12-5-3-9-18-16(12)10-13/h1-10H,11,17H2. The summed E-state index contributed by atoms with van der Waals surface area (Å²) in [7, 11) is 0. The smallest absolute Gasteiger partial charge is 0.0708 e. The summed E-state index contributed by atoms with van der Waals surface area (Å²) in [6.07, 6.45) is 1.82. The molecule has 3 aromatic rings. The van der Waals surface area contributed by atoms with Crippen molar-refractivity contribution in [1.29, 1.82) is 0 Å². The molecule has 0 amide bonds. The molecular weight excluding hydrogens is 220 g/mol. The van der Waals surface area contributed by atoms with Gasteiger partial charge in [-0.15, -0.1) is 0 Å². The van der Waals surface area contributed by atoms with Gasteiger partial charge < -0.3 is 5.73 Å². The van der Waals surface area contributed by atoms with Crippen LogP contribution in [0.25, 0.3) is 22.0 Å². The number of hydrogen-bond donors (Lipinski definition) is 1. The van der Waals surface area contributed by atoms with Crippen molar-refractivity contribution in [3.63, 3.8) is 0 Å². The Bertz CT molecular complexity index is 689. The summed E-state index contributed by atoms with van der Waals surface area (Å²) in [5, 5.41) is 1.16. The molecule has 88 valence electrons. The fourth-order valence-electron chi connectivity index (χ4n) is 2.21. The molecule has 0 saturated heterocycles. The number of pyridine rings is 1. The first-order valence-electron chi connectivity index (χ1n) is 6.01. The van der Waals surface area contributed by atoms with E-state index < -0.39 is 0 Å². The lowest BCUT2D eigenvalue weighted by Crippen LogP contribution is -1.98. The largest absolute Gasteiger partial charge is 0.326 e. The van der Waals surface area contributed by atoms with Gasteiger partial charge in [-0.25, -0.2) is 0 Å². The molecule has 3 rings (SSSR count). The normalized spacial score (nSPS) is 10.7. The summed E-state index contributed by atoms with van der Waals surface area (Å²) in [4.78, 5) is 4.39. The van der Waals surface area contributed by atoms with Gasteiger partial charge in [0.15, 0.2) is 0 Å². The summed E-state index contributed by atoms with van der Waals surface area (Å²) in [5.74, 6) is 0. The molecular formula is C16H14N2. The van der Waals surface area contributed by atoms with Crippen LogP contribution in [0, 0.1) is 0 Å². The molecule has 0 unspecified atom stereocenters. The maximum atomic E-state index is 5.78. The van der Waals surface area contributed by atoms with Gasteiger partial charge in [0.05, 0.1) is 5.52 Å². The number of fused-ring (bicyclic) bond motifs is 1. The van der Waals surface area contributed by atoms with Crippen LogP contribution < -0.4 is 5.73 Å². The average Bonchev–Trinajstić information content (AvgIpc) is 2.46. The monoisotopic (exact) mass is 234 g/mol. The summed E-state index contributed by atoms with van der Waals surface area (Å²) < 4.78 is 0. The summed E-state index contributed by atoms with van der Waals surface area (Å²) in [6.45, 7) is 0.552. The van der Waals surface area contributed by atoms with Gasteiger partial charge in [0, 0.05) is 18.1 Å². The van der Waals surface area contributed by atoms with Gasteiger partial charge >= 0.3 is 0 Å². The Morgan fingerprint density at radius 1 is 0.944 bits per heavy atom.